The Bertz CT molecular complexity index is 571. The summed E-state index contributed by atoms with van der Waals surface area (Å²) in [7, 11) is 0. The van der Waals surface area contributed by atoms with Crippen molar-refractivity contribution in [2.45, 2.75) is 32.5 Å². The molecule has 0 bridgehead atoms. The third kappa shape index (κ3) is 2.94. The molecule has 0 saturated heterocycles. The molecule has 0 amide bonds. The average Bonchev–Trinajstić information content (AvgIpc) is 2.82. The van der Waals surface area contributed by atoms with E-state index in [-0.39, 0.29) is 0 Å². The minimum Gasteiger partial charge on any atom is -0.281 e. The van der Waals surface area contributed by atoms with Crippen LogP contribution in [-0.4, -0.2) is 15.2 Å². The Hall–Kier alpha value is -1.16. The summed E-state index contributed by atoms with van der Waals surface area (Å²) < 4.78 is 25.0. The fraction of sp³-hybridized carbons (Fsp3) is 0.385. The lowest BCUT2D eigenvalue weighted by atomic mass is 10.1. The zero-order valence-electron chi connectivity index (χ0n) is 12.6. The van der Waals surface area contributed by atoms with Crippen LogP contribution >= 0.6 is 15.9 Å². The van der Waals surface area contributed by atoms with E-state index in [0.717, 1.165) is 6.42 Å². The first-order valence-electron chi connectivity index (χ1n) is 7.14. The molecule has 2 aromatic rings. The fourth-order valence-electron chi connectivity index (χ4n) is 1.49. The van der Waals surface area contributed by atoms with E-state index < -0.39 is 12.8 Å². The molecule has 2 aromatic heterocycles. The van der Waals surface area contributed by atoms with E-state index in [9.17, 15) is 0 Å². The van der Waals surface area contributed by atoms with Crippen LogP contribution in [-0.2, 0) is 6.37 Å². The molecule has 0 aliphatic heterocycles. The van der Waals surface area contributed by atoms with Crippen molar-refractivity contribution in [1.82, 2.24) is 15.2 Å². The van der Waals surface area contributed by atoms with Gasteiger partial charge in [0, 0.05) is 16.0 Å². The van der Waals surface area contributed by atoms with Crippen LogP contribution in [0.15, 0.2) is 29.0 Å². The number of hydrogen-bond donors (Lipinski definition) is 1. The first-order valence-corrected chi connectivity index (χ1v) is 6.35. The Morgan fingerprint density at radius 2 is 2.35 bits per heavy atom. The predicted molar refractivity (Wildman–Crippen MR) is 72.7 cm³/mol. The van der Waals surface area contributed by atoms with Crippen LogP contribution in [0.3, 0.4) is 0 Å². The van der Waals surface area contributed by atoms with E-state index in [1.807, 2.05) is 13.0 Å². The van der Waals surface area contributed by atoms with Crippen molar-refractivity contribution in [3.63, 3.8) is 0 Å². The largest absolute Gasteiger partial charge is 0.281 e. The zero-order chi connectivity index (χ0) is 14.8. The standard InChI is InChI=1S/C13H16BrN3/c1-2-3-4-8-11-12(13(14)17-16-11)10-7-5-6-9-15-10/h5-7,9H,2-4,8H2,1H3,(H,16,17)/i4T,8T2. The van der Waals surface area contributed by atoms with Gasteiger partial charge in [0.25, 0.3) is 0 Å². The Labute approximate surface area is 114 Å². The fourth-order valence-corrected chi connectivity index (χ4v) is 1.98. The number of hydrogen-bond acceptors (Lipinski definition) is 2. The summed E-state index contributed by atoms with van der Waals surface area (Å²) in [6.45, 7) is 1.94. The second-order valence-corrected chi connectivity index (χ2v) is 4.37. The quantitative estimate of drug-likeness (QED) is 0.908. The van der Waals surface area contributed by atoms with Gasteiger partial charge in [-0.1, -0.05) is 25.8 Å². The second kappa shape index (κ2) is 5.96. The number of rotatable bonds is 5. The molecule has 0 radical (unpaired) electrons. The second-order valence-electron chi connectivity index (χ2n) is 3.62. The van der Waals surface area contributed by atoms with Crippen LogP contribution in [0.4, 0.5) is 0 Å². The van der Waals surface area contributed by atoms with E-state index in [1.165, 1.54) is 0 Å². The first kappa shape index (κ1) is 8.86. The summed E-state index contributed by atoms with van der Waals surface area (Å²) in [6, 6.07) is 5.44. The molecule has 0 aliphatic rings. The maximum atomic E-state index is 8.24. The smallest absolute Gasteiger partial charge is 0.137 e. The van der Waals surface area contributed by atoms with Crippen LogP contribution in [0.25, 0.3) is 11.3 Å². The normalized spacial score (nSPS) is 16.0. The summed E-state index contributed by atoms with van der Waals surface area (Å²) in [4.78, 5) is 4.24. The maximum Gasteiger partial charge on any atom is 0.137 e. The van der Waals surface area contributed by atoms with Gasteiger partial charge in [0.2, 0.25) is 0 Å². The molecule has 4 heteroatoms. The molecule has 0 spiro atoms. The number of pyridine rings is 1. The van der Waals surface area contributed by atoms with Gasteiger partial charge in [-0.3, -0.25) is 10.1 Å². The molecule has 2 heterocycles. The van der Waals surface area contributed by atoms with Crippen LogP contribution in [0.1, 0.15) is 36.0 Å². The third-order valence-electron chi connectivity index (χ3n) is 2.32. The van der Waals surface area contributed by atoms with Crippen molar-refractivity contribution in [1.29, 1.82) is 0 Å². The highest BCUT2D eigenvalue weighted by Gasteiger charge is 2.13. The third-order valence-corrected chi connectivity index (χ3v) is 2.90. The van der Waals surface area contributed by atoms with Gasteiger partial charge in [-0.2, -0.15) is 5.10 Å². The summed E-state index contributed by atoms with van der Waals surface area (Å²) in [5.41, 5.74) is 1.52. The van der Waals surface area contributed by atoms with Crippen molar-refractivity contribution in [2.24, 2.45) is 0 Å². The first-order chi connectivity index (χ1) is 9.48. The van der Waals surface area contributed by atoms with Crippen LogP contribution in [0.2, 0.25) is 0 Å². The maximum absolute atomic E-state index is 8.24. The lowest BCUT2D eigenvalue weighted by Crippen LogP contribution is -1.91. The van der Waals surface area contributed by atoms with Gasteiger partial charge in [-0.05, 0) is 40.8 Å². The molecular formula is C13H16BrN3. The Morgan fingerprint density at radius 1 is 1.47 bits per heavy atom. The molecule has 2 rings (SSSR count). The molecule has 3 nitrogen and oxygen atoms in total. The highest BCUT2D eigenvalue weighted by molar-refractivity contribution is 9.10. The number of halogens is 1. The van der Waals surface area contributed by atoms with Crippen molar-refractivity contribution in [2.75, 3.05) is 0 Å². The van der Waals surface area contributed by atoms with Crippen LogP contribution in [0.5, 0.6) is 0 Å². The molecule has 90 valence electrons. The number of nitrogens with one attached hydrogen (secondary N) is 1. The van der Waals surface area contributed by atoms with E-state index in [1.54, 1.807) is 18.3 Å². The molecule has 0 aromatic carbocycles. The van der Waals surface area contributed by atoms with Gasteiger partial charge < -0.3 is 0 Å². The minimum atomic E-state index is -1.80. The molecule has 17 heavy (non-hydrogen) atoms. The molecule has 0 saturated carbocycles. The minimum absolute atomic E-state index is 0.302. The highest BCUT2D eigenvalue weighted by Crippen LogP contribution is 2.29. The summed E-state index contributed by atoms with van der Waals surface area (Å²) in [6.07, 6.45) is 0.260. The molecular weight excluding hydrogens is 278 g/mol. The van der Waals surface area contributed by atoms with Crippen molar-refractivity contribution >= 4 is 15.9 Å². The van der Waals surface area contributed by atoms with Crippen LogP contribution < -0.4 is 0 Å². The number of aromatic amines is 1. The van der Waals surface area contributed by atoms with E-state index in [0.29, 0.717) is 28.0 Å². The lowest BCUT2D eigenvalue weighted by molar-refractivity contribution is 0.706. The number of aromatic nitrogens is 3. The molecule has 0 aliphatic carbocycles. The SMILES string of the molecule is [3H]C(CCC)C([3H])([3H])c1[nH]nc(Br)c1-c1ccccn1. The number of nitrogens with zero attached hydrogens (tertiary/aromatic N) is 2. The van der Waals surface area contributed by atoms with Crippen LogP contribution in [0, 0.1) is 0 Å². The van der Waals surface area contributed by atoms with Crippen molar-refractivity contribution < 1.29 is 4.11 Å². The molecule has 0 fully saturated rings. The number of H-pyrrole nitrogens is 1. The van der Waals surface area contributed by atoms with Crippen molar-refractivity contribution in [3.8, 4) is 11.3 Å². The predicted octanol–water partition coefficient (Wildman–Crippen LogP) is 3.97. The highest BCUT2D eigenvalue weighted by atomic mass is 79.9. The van der Waals surface area contributed by atoms with Gasteiger partial charge in [0.15, 0.2) is 0 Å². The Kier molecular flexibility index (Phi) is 3.11. The van der Waals surface area contributed by atoms with E-state index in [4.69, 9.17) is 4.11 Å². The topological polar surface area (TPSA) is 41.6 Å². The molecule has 1 N–H and O–H groups in total. The monoisotopic (exact) mass is 299 g/mol. The lowest BCUT2D eigenvalue weighted by Gasteiger charge is -2.02. The Balaban J connectivity index is 2.49. The van der Waals surface area contributed by atoms with E-state index >= 15 is 0 Å². The van der Waals surface area contributed by atoms with Gasteiger partial charge in [0.05, 0.1) is 11.3 Å². The Morgan fingerprint density at radius 3 is 3.06 bits per heavy atom. The molecule has 1 unspecified atom stereocenters. The van der Waals surface area contributed by atoms with Gasteiger partial charge in [-0.25, -0.2) is 0 Å². The molecule has 1 atom stereocenters. The summed E-state index contributed by atoms with van der Waals surface area (Å²) >= 11 is 3.32. The van der Waals surface area contributed by atoms with Gasteiger partial charge in [-0.15, -0.1) is 0 Å². The zero-order valence-corrected chi connectivity index (χ0v) is 11.2. The summed E-state index contributed by atoms with van der Waals surface area (Å²) in [5.74, 6) is 0. The van der Waals surface area contributed by atoms with Gasteiger partial charge >= 0.3 is 0 Å². The summed E-state index contributed by atoms with van der Waals surface area (Å²) in [5, 5.41) is 6.75. The average molecular weight is 300 g/mol. The van der Waals surface area contributed by atoms with Crippen molar-refractivity contribution in [3.05, 3.63) is 34.7 Å². The van der Waals surface area contributed by atoms with E-state index in [2.05, 4.69) is 31.1 Å². The van der Waals surface area contributed by atoms with Gasteiger partial charge in [0.1, 0.15) is 4.60 Å². The number of aryl methyl sites for hydroxylation is 1.